The average molecular weight is 122 g/mol. The molecule has 0 heterocycles. The molecule has 0 aliphatic rings. The average Bonchev–Trinajstić information content (AvgIpc) is 1.67. The van der Waals surface area contributed by atoms with Crippen LogP contribution in [-0.2, 0) is 4.79 Å². The smallest absolute Gasteiger partial charge is 0.309 e. The molecule has 1 amide bonds. The first-order chi connectivity index (χ1) is 3.68. The molecule has 0 saturated carbocycles. The number of nitrogens with one attached hydrogen (secondary N) is 1. The van der Waals surface area contributed by atoms with Gasteiger partial charge in [0.2, 0.25) is 0 Å². The third-order valence-corrected chi connectivity index (χ3v) is 0.665. The fourth-order valence-electron chi connectivity index (χ4n) is 0.156. The Balaban J connectivity index is 3.30. The molecule has 47 valence electrons. The first kappa shape index (κ1) is 7.33. The lowest BCUT2D eigenvalue weighted by molar-refractivity contribution is 0.114. The van der Waals surface area contributed by atoms with E-state index >= 15 is 0 Å². The van der Waals surface area contributed by atoms with Crippen LogP contribution in [0, 0.1) is 0 Å². The number of halogens is 2. The van der Waals surface area contributed by atoms with Crippen LogP contribution in [0.15, 0.2) is 0 Å². The lowest BCUT2D eigenvalue weighted by atomic mass is 10.4. The molecule has 0 saturated heterocycles. The van der Waals surface area contributed by atoms with Crippen molar-refractivity contribution in [3.63, 3.8) is 0 Å². The Morgan fingerprint density at radius 3 is 2.25 bits per heavy atom. The van der Waals surface area contributed by atoms with Crippen LogP contribution in [-0.4, -0.2) is 18.9 Å². The zero-order valence-electron chi connectivity index (χ0n) is 4.32. The molecule has 0 rings (SSSR count). The molecule has 1 radical (unpaired) electrons. The maximum Gasteiger partial charge on any atom is 0.309 e. The lowest BCUT2D eigenvalue weighted by Gasteiger charge is -2.05. The Hall–Kier alpha value is -0.670. The van der Waals surface area contributed by atoms with Crippen molar-refractivity contribution in [1.82, 2.24) is 5.32 Å². The molecule has 0 unspecified atom stereocenters. The maximum atomic E-state index is 11.4. The molecular formula is C4H6F2NO. The Morgan fingerprint density at radius 1 is 1.62 bits per heavy atom. The Bertz CT molecular complexity index is 76.4. The van der Waals surface area contributed by atoms with Gasteiger partial charge in [-0.3, -0.25) is 4.79 Å². The van der Waals surface area contributed by atoms with Crippen LogP contribution in [0.5, 0.6) is 0 Å². The number of carbonyl (C=O) groups excluding carboxylic acids is 1. The molecule has 0 aliphatic carbocycles. The minimum absolute atomic E-state index is 1.09. The summed E-state index contributed by atoms with van der Waals surface area (Å²) in [5, 5.41) is 1.79. The van der Waals surface area contributed by atoms with Gasteiger partial charge in [-0.2, -0.15) is 0 Å². The third kappa shape index (κ3) is 2.49. The van der Waals surface area contributed by atoms with Gasteiger partial charge < -0.3 is 5.32 Å². The minimum atomic E-state index is -2.50. The van der Waals surface area contributed by atoms with Gasteiger partial charge in [0.05, 0.1) is 6.04 Å². The Kier molecular flexibility index (Phi) is 3.07. The second kappa shape index (κ2) is 3.35. The highest BCUT2D eigenvalue weighted by Crippen LogP contribution is 1.96. The highest BCUT2D eigenvalue weighted by Gasteiger charge is 2.11. The number of alkyl halides is 2. The zero-order valence-corrected chi connectivity index (χ0v) is 4.32. The zero-order chi connectivity index (χ0) is 6.57. The van der Waals surface area contributed by atoms with E-state index in [4.69, 9.17) is 0 Å². The van der Waals surface area contributed by atoms with Crippen molar-refractivity contribution in [2.24, 2.45) is 0 Å². The van der Waals surface area contributed by atoms with Gasteiger partial charge >= 0.3 is 6.41 Å². The molecule has 0 aliphatic heterocycles. The number of amides is 1. The maximum absolute atomic E-state index is 11.4. The molecule has 0 spiro atoms. The van der Waals surface area contributed by atoms with Gasteiger partial charge in [-0.15, -0.1) is 0 Å². The van der Waals surface area contributed by atoms with E-state index in [1.165, 1.54) is 13.3 Å². The van der Waals surface area contributed by atoms with Crippen LogP contribution < -0.4 is 5.32 Å². The predicted molar refractivity (Wildman–Crippen MR) is 24.3 cm³/mol. The first-order valence-corrected chi connectivity index (χ1v) is 2.09. The first-order valence-electron chi connectivity index (χ1n) is 2.09. The quantitative estimate of drug-likeness (QED) is 0.536. The summed E-state index contributed by atoms with van der Waals surface area (Å²) >= 11 is 0. The Morgan fingerprint density at radius 2 is 2.12 bits per heavy atom. The van der Waals surface area contributed by atoms with E-state index < -0.39 is 12.5 Å². The molecule has 2 nitrogen and oxygen atoms in total. The number of hydrogen-bond acceptors (Lipinski definition) is 1. The van der Waals surface area contributed by atoms with E-state index in [1.54, 1.807) is 5.32 Å². The molecule has 0 fully saturated rings. The van der Waals surface area contributed by atoms with Gasteiger partial charge in [0.25, 0.3) is 6.43 Å². The molecule has 8 heavy (non-hydrogen) atoms. The number of rotatable bonds is 3. The van der Waals surface area contributed by atoms with E-state index in [0.717, 1.165) is 0 Å². The van der Waals surface area contributed by atoms with Gasteiger partial charge in [0.15, 0.2) is 0 Å². The van der Waals surface area contributed by atoms with Crippen molar-refractivity contribution in [2.75, 3.05) is 0 Å². The fourth-order valence-corrected chi connectivity index (χ4v) is 0.156. The molecule has 1 atom stereocenters. The van der Waals surface area contributed by atoms with Gasteiger partial charge in [0.1, 0.15) is 0 Å². The SMILES string of the molecule is C[C@@H](N[C]=O)C(F)F. The topological polar surface area (TPSA) is 29.1 Å². The minimum Gasteiger partial charge on any atom is -0.340 e. The molecule has 0 aromatic heterocycles. The second-order valence-corrected chi connectivity index (χ2v) is 1.37. The van der Waals surface area contributed by atoms with Crippen molar-refractivity contribution < 1.29 is 13.6 Å². The van der Waals surface area contributed by atoms with E-state index in [9.17, 15) is 13.6 Å². The van der Waals surface area contributed by atoms with Crippen LogP contribution >= 0.6 is 0 Å². The summed E-state index contributed by atoms with van der Waals surface area (Å²) in [5.41, 5.74) is 0. The molecule has 1 N–H and O–H groups in total. The fraction of sp³-hybridized carbons (Fsp3) is 0.750. The summed E-state index contributed by atoms with van der Waals surface area (Å²) in [7, 11) is 0. The van der Waals surface area contributed by atoms with Crippen LogP contribution in [0.4, 0.5) is 8.78 Å². The van der Waals surface area contributed by atoms with Crippen LogP contribution in [0.3, 0.4) is 0 Å². The molecule has 0 aromatic rings. The summed E-state index contributed by atoms with van der Waals surface area (Å²) in [6.07, 6.45) is -1.33. The monoisotopic (exact) mass is 122 g/mol. The highest BCUT2D eigenvalue weighted by atomic mass is 19.3. The molecule has 4 heteroatoms. The predicted octanol–water partition coefficient (Wildman–Crippen LogP) is 0.297. The summed E-state index contributed by atoms with van der Waals surface area (Å²) in [6.45, 7) is 1.20. The van der Waals surface area contributed by atoms with Gasteiger partial charge in [-0.05, 0) is 6.92 Å². The largest absolute Gasteiger partial charge is 0.340 e. The summed E-state index contributed by atoms with van der Waals surface area (Å²) < 4.78 is 22.7. The van der Waals surface area contributed by atoms with Crippen molar-refractivity contribution >= 4 is 6.41 Å². The second-order valence-electron chi connectivity index (χ2n) is 1.37. The summed E-state index contributed by atoms with van der Waals surface area (Å²) in [4.78, 5) is 9.35. The third-order valence-electron chi connectivity index (χ3n) is 0.665. The summed E-state index contributed by atoms with van der Waals surface area (Å²) in [5.74, 6) is 0. The van der Waals surface area contributed by atoms with E-state index in [1.807, 2.05) is 0 Å². The van der Waals surface area contributed by atoms with E-state index in [0.29, 0.717) is 0 Å². The molecular weight excluding hydrogens is 116 g/mol. The van der Waals surface area contributed by atoms with Gasteiger partial charge in [-0.25, -0.2) is 8.78 Å². The van der Waals surface area contributed by atoms with Crippen molar-refractivity contribution in [2.45, 2.75) is 19.4 Å². The normalized spacial score (nSPS) is 13.5. The van der Waals surface area contributed by atoms with E-state index in [-0.39, 0.29) is 0 Å². The lowest BCUT2D eigenvalue weighted by Crippen LogP contribution is -2.30. The molecule has 0 bridgehead atoms. The Labute approximate surface area is 45.9 Å². The standard InChI is InChI=1S/C4H6F2NO/c1-3(4(5)6)7-2-8/h3-4H,1H3,(H,7,8)/t3-/m1/s1. The van der Waals surface area contributed by atoms with Crippen molar-refractivity contribution in [3.05, 3.63) is 0 Å². The van der Waals surface area contributed by atoms with Gasteiger partial charge in [0, 0.05) is 0 Å². The van der Waals surface area contributed by atoms with Crippen molar-refractivity contribution in [1.29, 1.82) is 0 Å². The van der Waals surface area contributed by atoms with Crippen LogP contribution in [0.25, 0.3) is 0 Å². The highest BCUT2D eigenvalue weighted by molar-refractivity contribution is 5.47. The van der Waals surface area contributed by atoms with Crippen LogP contribution in [0.1, 0.15) is 6.92 Å². The van der Waals surface area contributed by atoms with Crippen LogP contribution in [0.2, 0.25) is 0 Å². The summed E-state index contributed by atoms with van der Waals surface area (Å²) in [6, 6.07) is -1.09. The van der Waals surface area contributed by atoms with E-state index in [2.05, 4.69) is 0 Å². The van der Waals surface area contributed by atoms with Crippen molar-refractivity contribution in [3.8, 4) is 0 Å². The number of hydrogen-bond donors (Lipinski definition) is 1. The molecule has 0 aromatic carbocycles. The van der Waals surface area contributed by atoms with Gasteiger partial charge in [-0.1, -0.05) is 0 Å².